The van der Waals surface area contributed by atoms with Crippen LogP contribution >= 0.6 is 0 Å². The number of aryl methyl sites for hydroxylation is 1. The Morgan fingerprint density at radius 3 is 1.82 bits per heavy atom. The van der Waals surface area contributed by atoms with Gasteiger partial charge in [-0.25, -0.2) is 0 Å². The minimum absolute atomic E-state index is 0.943. The highest BCUT2D eigenvalue weighted by Crippen LogP contribution is 2.48. The van der Waals surface area contributed by atoms with Crippen molar-refractivity contribution in [2.75, 3.05) is 0 Å². The van der Waals surface area contributed by atoms with Crippen LogP contribution < -0.4 is 0 Å². The Morgan fingerprint density at radius 2 is 1.04 bits per heavy atom. The fourth-order valence-corrected chi connectivity index (χ4v) is 8.27. The molecular formula is C48H34O. The van der Waals surface area contributed by atoms with E-state index >= 15 is 0 Å². The third-order valence-electron chi connectivity index (χ3n) is 10.6. The van der Waals surface area contributed by atoms with Crippen LogP contribution in [0.25, 0.3) is 98.4 Å². The zero-order chi connectivity index (χ0) is 32.5. The van der Waals surface area contributed by atoms with Gasteiger partial charge in [-0.15, -0.1) is 0 Å². The molecule has 1 nitrogen and oxygen atoms in total. The smallest absolute Gasteiger partial charge is 0.136 e. The van der Waals surface area contributed by atoms with Crippen LogP contribution in [0.3, 0.4) is 0 Å². The van der Waals surface area contributed by atoms with E-state index < -0.39 is 0 Å². The van der Waals surface area contributed by atoms with Gasteiger partial charge in [-0.05, 0) is 125 Å². The van der Waals surface area contributed by atoms with E-state index in [0.717, 1.165) is 17.6 Å². The highest BCUT2D eigenvalue weighted by Gasteiger charge is 2.21. The quantitative estimate of drug-likeness (QED) is 0.132. The molecule has 10 aromatic rings. The molecule has 0 N–H and O–H groups in total. The molecule has 0 amide bonds. The van der Waals surface area contributed by atoms with Crippen molar-refractivity contribution in [2.24, 2.45) is 0 Å². The third-order valence-corrected chi connectivity index (χ3v) is 10.6. The molecule has 0 saturated carbocycles. The van der Waals surface area contributed by atoms with E-state index in [4.69, 9.17) is 4.42 Å². The van der Waals surface area contributed by atoms with Crippen molar-refractivity contribution in [3.05, 3.63) is 157 Å². The van der Waals surface area contributed by atoms with Gasteiger partial charge in [0.2, 0.25) is 0 Å². The molecule has 0 fully saturated rings. The Kier molecular flexibility index (Phi) is 6.36. The number of benzene rings is 9. The average molecular weight is 627 g/mol. The second-order valence-corrected chi connectivity index (χ2v) is 13.5. The second-order valence-electron chi connectivity index (χ2n) is 13.5. The van der Waals surface area contributed by atoms with Gasteiger partial charge in [-0.1, -0.05) is 135 Å². The fourth-order valence-electron chi connectivity index (χ4n) is 8.27. The van der Waals surface area contributed by atoms with Crippen LogP contribution in [0, 0.1) is 0 Å². The molecule has 0 bridgehead atoms. The molecule has 0 aliphatic heterocycles. The molecule has 0 saturated heterocycles. The highest BCUT2D eigenvalue weighted by molar-refractivity contribution is 6.29. The van der Waals surface area contributed by atoms with Crippen molar-refractivity contribution in [3.8, 4) is 33.4 Å². The number of hydrogen-bond donors (Lipinski definition) is 0. The first-order valence-electron chi connectivity index (χ1n) is 17.5. The maximum absolute atomic E-state index is 6.35. The van der Waals surface area contributed by atoms with Gasteiger partial charge in [-0.2, -0.15) is 0 Å². The van der Waals surface area contributed by atoms with E-state index in [1.165, 1.54) is 106 Å². The largest absolute Gasteiger partial charge is 0.456 e. The summed E-state index contributed by atoms with van der Waals surface area (Å²) in [7, 11) is 0. The second kappa shape index (κ2) is 11.1. The number of fused-ring (bicyclic) bond motifs is 3. The molecule has 49 heavy (non-hydrogen) atoms. The molecule has 1 heterocycles. The summed E-state index contributed by atoms with van der Waals surface area (Å²) in [5.41, 5.74) is 10.8. The van der Waals surface area contributed by atoms with E-state index in [1.807, 2.05) is 0 Å². The maximum atomic E-state index is 6.35. The summed E-state index contributed by atoms with van der Waals surface area (Å²) in [5, 5.41) is 12.5. The van der Waals surface area contributed by atoms with E-state index in [-0.39, 0.29) is 0 Å². The first-order valence-corrected chi connectivity index (χ1v) is 17.5. The predicted molar refractivity (Wildman–Crippen MR) is 210 cm³/mol. The van der Waals surface area contributed by atoms with Gasteiger partial charge in [-0.3, -0.25) is 0 Å². The molecule has 1 heteroatoms. The van der Waals surface area contributed by atoms with E-state index in [9.17, 15) is 0 Å². The molecule has 0 aliphatic carbocycles. The molecule has 1 aromatic heterocycles. The number of unbranched alkanes of at least 4 members (excludes halogenated alkanes) is 1. The van der Waals surface area contributed by atoms with Gasteiger partial charge < -0.3 is 4.42 Å². The monoisotopic (exact) mass is 626 g/mol. The Bertz CT molecular complexity index is 2810. The lowest BCUT2D eigenvalue weighted by Gasteiger charge is -2.19. The summed E-state index contributed by atoms with van der Waals surface area (Å²) in [5.74, 6) is 0. The van der Waals surface area contributed by atoms with E-state index in [2.05, 4.69) is 159 Å². The Hall–Kier alpha value is -5.92. The van der Waals surface area contributed by atoms with Crippen LogP contribution in [-0.4, -0.2) is 0 Å². The normalized spacial score (nSPS) is 12.0. The van der Waals surface area contributed by atoms with E-state index in [1.54, 1.807) is 0 Å². The molecule has 10 rings (SSSR count). The molecule has 0 atom stereocenters. The summed E-state index contributed by atoms with van der Waals surface area (Å²) in [6.07, 6.45) is 3.60. The molecule has 0 unspecified atom stereocenters. The summed E-state index contributed by atoms with van der Waals surface area (Å²) in [6, 6.07) is 56.2. The Morgan fingerprint density at radius 1 is 0.429 bits per heavy atom. The average Bonchev–Trinajstić information content (AvgIpc) is 3.55. The lowest BCUT2D eigenvalue weighted by Crippen LogP contribution is -1.92. The standard InChI is InChI=1S/C48H34O/c1-2-3-11-30-22-23-33-27-34(25-24-32(33)26-30)31-12-8-13-35(28-31)45-37-15-4-6-17-39(37)47(40-18-7-5-16-38(40)45)42-29-36-14-9-20-43-46(36)48-41(42)19-10-21-44(48)49-43/h4-10,12-29H,2-3,11H2,1H3. The molecule has 232 valence electrons. The topological polar surface area (TPSA) is 13.1 Å². The van der Waals surface area contributed by atoms with Gasteiger partial charge >= 0.3 is 0 Å². The van der Waals surface area contributed by atoms with Crippen molar-refractivity contribution in [1.29, 1.82) is 0 Å². The van der Waals surface area contributed by atoms with Crippen molar-refractivity contribution in [1.82, 2.24) is 0 Å². The van der Waals surface area contributed by atoms with Crippen LogP contribution in [0.1, 0.15) is 25.3 Å². The third kappa shape index (κ3) is 4.39. The first-order chi connectivity index (χ1) is 24.2. The molecule has 0 radical (unpaired) electrons. The van der Waals surface area contributed by atoms with Crippen molar-refractivity contribution >= 4 is 65.0 Å². The molecule has 0 aliphatic rings. The summed E-state index contributed by atoms with van der Waals surface area (Å²) < 4.78 is 6.35. The zero-order valence-electron chi connectivity index (χ0n) is 27.5. The molecule has 0 spiro atoms. The van der Waals surface area contributed by atoms with Crippen molar-refractivity contribution < 1.29 is 4.42 Å². The van der Waals surface area contributed by atoms with Gasteiger partial charge in [0.25, 0.3) is 0 Å². The van der Waals surface area contributed by atoms with Crippen LogP contribution in [0.2, 0.25) is 0 Å². The summed E-state index contributed by atoms with van der Waals surface area (Å²) >= 11 is 0. The minimum Gasteiger partial charge on any atom is -0.456 e. The predicted octanol–water partition coefficient (Wildman–Crippen LogP) is 14.0. The molecular weight excluding hydrogens is 593 g/mol. The van der Waals surface area contributed by atoms with Crippen LogP contribution in [0.4, 0.5) is 0 Å². The van der Waals surface area contributed by atoms with Crippen LogP contribution in [0.15, 0.2) is 156 Å². The van der Waals surface area contributed by atoms with Gasteiger partial charge in [0.05, 0.1) is 0 Å². The minimum atomic E-state index is 0.943. The highest BCUT2D eigenvalue weighted by atomic mass is 16.3. The Labute approximate surface area is 285 Å². The summed E-state index contributed by atoms with van der Waals surface area (Å²) in [6.45, 7) is 2.26. The van der Waals surface area contributed by atoms with E-state index in [0.29, 0.717) is 0 Å². The van der Waals surface area contributed by atoms with Crippen molar-refractivity contribution in [2.45, 2.75) is 26.2 Å². The lowest BCUT2D eigenvalue weighted by atomic mass is 9.83. The van der Waals surface area contributed by atoms with Gasteiger partial charge in [0.15, 0.2) is 0 Å². The van der Waals surface area contributed by atoms with Gasteiger partial charge in [0, 0.05) is 10.8 Å². The number of furan rings is 1. The number of rotatable bonds is 6. The number of hydrogen-bond acceptors (Lipinski definition) is 1. The lowest BCUT2D eigenvalue weighted by molar-refractivity contribution is 0.669. The first kappa shape index (κ1) is 28.1. The summed E-state index contributed by atoms with van der Waals surface area (Å²) in [4.78, 5) is 0. The molecule has 9 aromatic carbocycles. The maximum Gasteiger partial charge on any atom is 0.136 e. The SMILES string of the molecule is CCCCc1ccc2cc(-c3cccc(-c4c5ccccc5c(-c5cc6cccc7oc8cccc5c8c67)c5ccccc45)c3)ccc2c1. The van der Waals surface area contributed by atoms with Crippen molar-refractivity contribution in [3.63, 3.8) is 0 Å². The zero-order valence-corrected chi connectivity index (χ0v) is 27.5. The van der Waals surface area contributed by atoms with Crippen LogP contribution in [0.5, 0.6) is 0 Å². The fraction of sp³-hybridized carbons (Fsp3) is 0.0833. The van der Waals surface area contributed by atoms with Gasteiger partial charge in [0.1, 0.15) is 11.2 Å². The van der Waals surface area contributed by atoms with Crippen LogP contribution in [-0.2, 0) is 6.42 Å². The Balaban J connectivity index is 1.19.